The van der Waals surface area contributed by atoms with Gasteiger partial charge in [-0.1, -0.05) is 0 Å². The molecule has 0 spiro atoms. The van der Waals surface area contributed by atoms with Crippen LogP contribution in [-0.2, 0) is 23.7 Å². The fourth-order valence-electron chi connectivity index (χ4n) is 5.97. The average molecular weight is 727 g/mol. The van der Waals surface area contributed by atoms with Gasteiger partial charge in [0.25, 0.3) is 0 Å². The molecule has 280 valence electrons. The van der Waals surface area contributed by atoms with Crippen molar-refractivity contribution in [3.05, 3.63) is 46.6 Å². The minimum Gasteiger partial charge on any atom is -0.508 e. The summed E-state index contributed by atoms with van der Waals surface area (Å²) in [6.07, 6.45) is -23.4. The molecule has 0 aliphatic carbocycles. The van der Waals surface area contributed by atoms with Crippen LogP contribution in [0.2, 0.25) is 0 Å². The number of phenols is 3. The van der Waals surface area contributed by atoms with Gasteiger partial charge in [-0.3, -0.25) is 4.79 Å². The van der Waals surface area contributed by atoms with Gasteiger partial charge in [-0.05, 0) is 31.2 Å². The molecular weight excluding hydrogens is 688 g/mol. The molecule has 0 bridgehead atoms. The predicted octanol–water partition coefficient (Wildman–Crippen LogP) is -2.93. The predicted molar refractivity (Wildman–Crippen MR) is 165 cm³/mol. The van der Waals surface area contributed by atoms with Crippen molar-refractivity contribution in [1.82, 2.24) is 0 Å². The van der Waals surface area contributed by atoms with Crippen molar-refractivity contribution in [2.45, 2.75) is 92.9 Å². The number of phenolic OH excluding ortho intramolecular Hbond substituents is 3. The topological polar surface area (TPSA) is 308 Å². The van der Waals surface area contributed by atoms with E-state index in [2.05, 4.69) is 0 Å². The van der Waals surface area contributed by atoms with Crippen LogP contribution in [0.25, 0.3) is 22.3 Å². The summed E-state index contributed by atoms with van der Waals surface area (Å²) in [5.41, 5.74) is -1.15. The summed E-state index contributed by atoms with van der Waals surface area (Å²) in [4.78, 5) is 14.0. The zero-order valence-electron chi connectivity index (χ0n) is 26.6. The maximum Gasteiger partial charge on any atom is 0.239 e. The van der Waals surface area contributed by atoms with Crippen LogP contribution in [-0.4, -0.2) is 155 Å². The Kier molecular flexibility index (Phi) is 10.7. The molecule has 6 rings (SSSR count). The number of hydrogen-bond acceptors (Lipinski definition) is 19. The largest absolute Gasteiger partial charge is 0.508 e. The van der Waals surface area contributed by atoms with Gasteiger partial charge in [0, 0.05) is 17.7 Å². The summed E-state index contributed by atoms with van der Waals surface area (Å²) in [5.74, 6) is -2.27. The molecule has 1 aromatic heterocycles. The van der Waals surface area contributed by atoms with E-state index in [-0.39, 0.29) is 22.7 Å². The molecule has 0 radical (unpaired) electrons. The van der Waals surface area contributed by atoms with Crippen LogP contribution in [0.5, 0.6) is 23.0 Å². The Morgan fingerprint density at radius 3 is 2.14 bits per heavy atom. The van der Waals surface area contributed by atoms with Crippen molar-refractivity contribution in [1.29, 1.82) is 0 Å². The molecule has 19 heteroatoms. The first kappa shape index (κ1) is 37.1. The first-order valence-corrected chi connectivity index (χ1v) is 15.8. The first-order chi connectivity index (χ1) is 24.2. The quantitative estimate of drug-likeness (QED) is 0.111. The van der Waals surface area contributed by atoms with Gasteiger partial charge < -0.3 is 89.0 Å². The van der Waals surface area contributed by atoms with E-state index in [9.17, 15) is 61.0 Å². The first-order valence-electron chi connectivity index (χ1n) is 15.8. The molecule has 3 aromatic rings. The SMILES string of the molecule is C[C@H]1O[C@@H](OC[C@@H]2O[C@H](Oc3c(-c4ccc(O)cc4)oc4cc(O)cc(O)c4c3=O)[C@@H](O[C@@H]3OC[C@@H](O)[C@H](O)[C@@H]3O)[C@H](O)[C@H]2O)[C@H](O)[C@H](O)[C@@H]1O. The Morgan fingerprint density at radius 2 is 1.43 bits per heavy atom. The van der Waals surface area contributed by atoms with Crippen molar-refractivity contribution in [3.63, 3.8) is 0 Å². The van der Waals surface area contributed by atoms with E-state index in [1.54, 1.807) is 0 Å². The number of ether oxygens (including phenoxy) is 6. The van der Waals surface area contributed by atoms with E-state index in [1.807, 2.05) is 0 Å². The molecule has 0 saturated carbocycles. The average Bonchev–Trinajstić information content (AvgIpc) is 3.09. The van der Waals surface area contributed by atoms with Crippen LogP contribution in [0.4, 0.5) is 0 Å². The number of aliphatic hydroxyl groups is 8. The van der Waals surface area contributed by atoms with Gasteiger partial charge in [0.2, 0.25) is 17.5 Å². The molecule has 11 N–H and O–H groups in total. The second kappa shape index (κ2) is 14.8. The maximum atomic E-state index is 14.0. The standard InChI is InChI=1S/C32H38O19/c1-10-19(37)23(41)26(44)30(47-10)46-9-17-21(39)24(42)29(51-31-25(43)20(38)15(36)8-45-31)32(49-17)50-28-22(40)18-14(35)6-13(34)7-16(18)48-27(28)11-2-4-12(33)5-3-11/h2-7,10,15,17,19-21,23-26,29-39,41-44H,8-9H2,1H3/t10-,15-,17+,19-,20+,21+,23-,24-,25+,26-,29+,30-,31+,32-/m1/s1. The van der Waals surface area contributed by atoms with Gasteiger partial charge in [-0.2, -0.15) is 0 Å². The van der Waals surface area contributed by atoms with Crippen molar-refractivity contribution in [2.75, 3.05) is 13.2 Å². The molecule has 0 unspecified atom stereocenters. The number of aromatic hydroxyl groups is 3. The summed E-state index contributed by atoms with van der Waals surface area (Å²) in [6, 6.07) is 7.15. The van der Waals surface area contributed by atoms with Crippen LogP contribution in [0.3, 0.4) is 0 Å². The third-order valence-corrected chi connectivity index (χ3v) is 8.90. The van der Waals surface area contributed by atoms with E-state index >= 15 is 0 Å². The smallest absolute Gasteiger partial charge is 0.239 e. The summed E-state index contributed by atoms with van der Waals surface area (Å²) in [5, 5.41) is 114. The van der Waals surface area contributed by atoms with Crippen LogP contribution in [0.1, 0.15) is 6.92 Å². The van der Waals surface area contributed by atoms with Gasteiger partial charge in [0.05, 0.1) is 19.3 Å². The highest BCUT2D eigenvalue weighted by Gasteiger charge is 2.51. The lowest BCUT2D eigenvalue weighted by atomic mass is 9.98. The van der Waals surface area contributed by atoms with E-state index in [0.29, 0.717) is 0 Å². The molecule has 4 heterocycles. The lowest BCUT2D eigenvalue weighted by Crippen LogP contribution is -2.64. The highest BCUT2D eigenvalue weighted by atomic mass is 16.8. The third-order valence-electron chi connectivity index (χ3n) is 8.90. The summed E-state index contributed by atoms with van der Waals surface area (Å²) < 4.78 is 39.9. The van der Waals surface area contributed by atoms with E-state index < -0.39 is 127 Å². The number of fused-ring (bicyclic) bond motifs is 1. The Labute approximate surface area is 287 Å². The molecular formula is C32H38O19. The number of rotatable bonds is 8. The van der Waals surface area contributed by atoms with Gasteiger partial charge >= 0.3 is 0 Å². The van der Waals surface area contributed by atoms with E-state index in [1.165, 1.54) is 31.2 Å². The van der Waals surface area contributed by atoms with Crippen molar-refractivity contribution >= 4 is 11.0 Å². The summed E-state index contributed by atoms with van der Waals surface area (Å²) in [6.45, 7) is 0.243. The van der Waals surface area contributed by atoms with E-state index in [0.717, 1.165) is 12.1 Å². The van der Waals surface area contributed by atoms with Gasteiger partial charge in [0.1, 0.15) is 83.2 Å². The fraction of sp³-hybridized carbons (Fsp3) is 0.531. The van der Waals surface area contributed by atoms with Crippen molar-refractivity contribution < 1.29 is 89.0 Å². The van der Waals surface area contributed by atoms with Crippen LogP contribution < -0.4 is 10.2 Å². The minimum absolute atomic E-state index is 0.139. The highest BCUT2D eigenvalue weighted by molar-refractivity contribution is 5.88. The normalized spacial score (nSPS) is 37.4. The molecule has 3 fully saturated rings. The zero-order chi connectivity index (χ0) is 36.9. The molecule has 3 aliphatic rings. The van der Waals surface area contributed by atoms with Gasteiger partial charge in [-0.25, -0.2) is 0 Å². The lowest BCUT2D eigenvalue weighted by Gasteiger charge is -2.45. The van der Waals surface area contributed by atoms with Crippen LogP contribution in [0.15, 0.2) is 45.6 Å². The number of aliphatic hydroxyl groups excluding tert-OH is 8. The van der Waals surface area contributed by atoms with Crippen LogP contribution >= 0.6 is 0 Å². The van der Waals surface area contributed by atoms with Crippen LogP contribution in [0, 0.1) is 0 Å². The minimum atomic E-state index is -1.99. The third kappa shape index (κ3) is 7.22. The van der Waals surface area contributed by atoms with Gasteiger partial charge in [-0.15, -0.1) is 0 Å². The number of hydrogen-bond donors (Lipinski definition) is 11. The van der Waals surface area contributed by atoms with Crippen molar-refractivity contribution in [2.24, 2.45) is 0 Å². The number of benzene rings is 2. The summed E-state index contributed by atoms with van der Waals surface area (Å²) >= 11 is 0. The molecule has 0 amide bonds. The zero-order valence-corrected chi connectivity index (χ0v) is 26.6. The van der Waals surface area contributed by atoms with Gasteiger partial charge in [0.15, 0.2) is 24.4 Å². The van der Waals surface area contributed by atoms with Crippen molar-refractivity contribution in [3.8, 4) is 34.3 Å². The Morgan fingerprint density at radius 1 is 0.745 bits per heavy atom. The molecule has 2 aromatic carbocycles. The van der Waals surface area contributed by atoms with E-state index in [4.69, 9.17) is 32.8 Å². The molecule has 14 atom stereocenters. The molecule has 3 saturated heterocycles. The maximum absolute atomic E-state index is 14.0. The second-order valence-corrected chi connectivity index (χ2v) is 12.5. The fourth-order valence-corrected chi connectivity index (χ4v) is 5.97. The summed E-state index contributed by atoms with van der Waals surface area (Å²) in [7, 11) is 0. The Balaban J connectivity index is 1.38. The highest BCUT2D eigenvalue weighted by Crippen LogP contribution is 2.38. The molecule has 19 nitrogen and oxygen atoms in total. The Hall–Kier alpha value is -3.67. The Bertz CT molecular complexity index is 1730. The molecule has 3 aliphatic heterocycles. The molecule has 51 heavy (non-hydrogen) atoms. The monoisotopic (exact) mass is 726 g/mol. The lowest BCUT2D eigenvalue weighted by molar-refractivity contribution is -0.352. The second-order valence-electron chi connectivity index (χ2n) is 12.5.